The third-order valence-corrected chi connectivity index (χ3v) is 2.47. The molecule has 1 aliphatic heterocycles. The van der Waals surface area contributed by atoms with Crippen LogP contribution >= 0.6 is 0 Å². The van der Waals surface area contributed by atoms with E-state index in [1.807, 2.05) is 13.8 Å². The minimum Gasteiger partial charge on any atom is -0.357 e. The lowest BCUT2D eigenvalue weighted by atomic mass is 9.91. The third kappa shape index (κ3) is 1.69. The Balaban J connectivity index is 2.66. The molecular formula is C8H16N2O2. The highest BCUT2D eigenvalue weighted by Gasteiger charge is 2.33. The van der Waals surface area contributed by atoms with Gasteiger partial charge in [0, 0.05) is 12.1 Å². The zero-order valence-electron chi connectivity index (χ0n) is 7.67. The summed E-state index contributed by atoms with van der Waals surface area (Å²) >= 11 is 0. The molecule has 0 atom stereocenters. The van der Waals surface area contributed by atoms with Gasteiger partial charge in [0.25, 0.3) is 0 Å². The van der Waals surface area contributed by atoms with Gasteiger partial charge in [0.2, 0.25) is 0 Å². The monoisotopic (exact) mass is 172 g/mol. The minimum absolute atomic E-state index is 0.102. The van der Waals surface area contributed by atoms with Gasteiger partial charge in [0.15, 0.2) is 0 Å². The molecule has 0 aliphatic carbocycles. The molecule has 0 aromatic rings. The predicted molar refractivity (Wildman–Crippen MR) is 45.3 cm³/mol. The number of carbonyl (C=O) groups is 1. The number of rotatable bonds is 0. The number of nitrogens with zero attached hydrogens (tertiary/aromatic N) is 1. The second-order valence-electron chi connectivity index (χ2n) is 3.80. The highest BCUT2D eigenvalue weighted by molar-refractivity contribution is 5.68. The van der Waals surface area contributed by atoms with E-state index in [4.69, 9.17) is 5.90 Å². The van der Waals surface area contributed by atoms with Crippen molar-refractivity contribution in [2.75, 3.05) is 6.54 Å². The number of likely N-dealkylation sites (tertiary alicyclic amines) is 1. The molecule has 1 saturated heterocycles. The molecule has 0 aromatic carbocycles. The lowest BCUT2D eigenvalue weighted by Crippen LogP contribution is -2.51. The fourth-order valence-electron chi connectivity index (χ4n) is 1.67. The summed E-state index contributed by atoms with van der Waals surface area (Å²) in [5, 5.41) is 0. The fraction of sp³-hybridized carbons (Fsp3) is 0.875. The van der Waals surface area contributed by atoms with Crippen LogP contribution in [0.15, 0.2) is 0 Å². The number of carbonyl (C=O) groups excluding carboxylic acids is 1. The Hall–Kier alpha value is -0.770. The highest BCUT2D eigenvalue weighted by atomic mass is 16.7. The third-order valence-electron chi connectivity index (χ3n) is 2.47. The van der Waals surface area contributed by atoms with E-state index in [1.54, 1.807) is 4.90 Å². The van der Waals surface area contributed by atoms with Crippen LogP contribution in [0.4, 0.5) is 4.79 Å². The van der Waals surface area contributed by atoms with Gasteiger partial charge < -0.3 is 9.74 Å². The second-order valence-corrected chi connectivity index (χ2v) is 3.80. The highest BCUT2D eigenvalue weighted by Crippen LogP contribution is 2.27. The Bertz CT molecular complexity index is 180. The summed E-state index contributed by atoms with van der Waals surface area (Å²) in [4.78, 5) is 17.1. The predicted octanol–water partition coefficient (Wildman–Crippen LogP) is 1.26. The van der Waals surface area contributed by atoms with Gasteiger partial charge in [-0.05, 0) is 33.1 Å². The Morgan fingerprint density at radius 1 is 1.50 bits per heavy atom. The number of hydrogen-bond acceptors (Lipinski definition) is 3. The molecule has 70 valence electrons. The minimum atomic E-state index is -0.417. The van der Waals surface area contributed by atoms with Crippen LogP contribution in [0.1, 0.15) is 33.1 Å². The van der Waals surface area contributed by atoms with Gasteiger partial charge in [-0.2, -0.15) is 5.90 Å². The number of piperidine rings is 1. The van der Waals surface area contributed by atoms with E-state index in [-0.39, 0.29) is 5.54 Å². The molecule has 0 aromatic heterocycles. The average Bonchev–Trinajstić information content (AvgIpc) is 2.02. The Labute approximate surface area is 72.6 Å². The van der Waals surface area contributed by atoms with Crippen LogP contribution in [-0.2, 0) is 4.84 Å². The van der Waals surface area contributed by atoms with Crippen molar-refractivity contribution in [2.45, 2.75) is 38.6 Å². The zero-order valence-corrected chi connectivity index (χ0v) is 7.67. The first kappa shape index (κ1) is 9.32. The molecule has 12 heavy (non-hydrogen) atoms. The van der Waals surface area contributed by atoms with Crippen LogP contribution in [-0.4, -0.2) is 23.1 Å². The smallest absolute Gasteiger partial charge is 0.357 e. The SMILES string of the molecule is CC1(C)CCCCN1C(=O)ON. The first-order chi connectivity index (χ1) is 5.58. The molecule has 4 nitrogen and oxygen atoms in total. The summed E-state index contributed by atoms with van der Waals surface area (Å²) in [7, 11) is 0. The van der Waals surface area contributed by atoms with Crippen molar-refractivity contribution in [2.24, 2.45) is 5.90 Å². The van der Waals surface area contributed by atoms with E-state index < -0.39 is 6.09 Å². The quantitative estimate of drug-likeness (QED) is 0.560. The molecule has 0 spiro atoms. The summed E-state index contributed by atoms with van der Waals surface area (Å²) in [5.41, 5.74) is -0.102. The number of hydrogen-bond donors (Lipinski definition) is 1. The van der Waals surface area contributed by atoms with Crippen molar-refractivity contribution in [3.05, 3.63) is 0 Å². The summed E-state index contributed by atoms with van der Waals surface area (Å²) < 4.78 is 0. The standard InChI is InChI=1S/C8H16N2O2/c1-8(2)5-3-4-6-10(8)7(11)12-9/h3-6,9H2,1-2H3. The molecule has 0 radical (unpaired) electrons. The second kappa shape index (κ2) is 3.31. The van der Waals surface area contributed by atoms with Crippen molar-refractivity contribution in [3.63, 3.8) is 0 Å². The van der Waals surface area contributed by atoms with Gasteiger partial charge >= 0.3 is 6.09 Å². The van der Waals surface area contributed by atoms with Crippen LogP contribution in [0.5, 0.6) is 0 Å². The molecule has 2 N–H and O–H groups in total. The zero-order chi connectivity index (χ0) is 9.19. The molecule has 0 bridgehead atoms. The van der Waals surface area contributed by atoms with E-state index in [9.17, 15) is 4.79 Å². The lowest BCUT2D eigenvalue weighted by Gasteiger charge is -2.40. The van der Waals surface area contributed by atoms with Gasteiger partial charge in [-0.25, -0.2) is 4.79 Å². The molecule has 0 saturated carbocycles. The average molecular weight is 172 g/mol. The van der Waals surface area contributed by atoms with Gasteiger partial charge in [-0.15, -0.1) is 0 Å². The first-order valence-corrected chi connectivity index (χ1v) is 4.26. The fourth-order valence-corrected chi connectivity index (χ4v) is 1.67. The molecular weight excluding hydrogens is 156 g/mol. The van der Waals surface area contributed by atoms with E-state index >= 15 is 0 Å². The molecule has 1 fully saturated rings. The van der Waals surface area contributed by atoms with Crippen LogP contribution in [0, 0.1) is 0 Å². The summed E-state index contributed by atoms with van der Waals surface area (Å²) in [6.45, 7) is 4.81. The van der Waals surface area contributed by atoms with Gasteiger partial charge in [-0.1, -0.05) is 0 Å². The maximum Gasteiger partial charge on any atom is 0.428 e. The molecule has 1 heterocycles. The van der Waals surface area contributed by atoms with Gasteiger partial charge in [0.05, 0.1) is 0 Å². The van der Waals surface area contributed by atoms with Crippen LogP contribution in [0.2, 0.25) is 0 Å². The van der Waals surface area contributed by atoms with Gasteiger partial charge in [0.1, 0.15) is 0 Å². The summed E-state index contributed by atoms with van der Waals surface area (Å²) in [5.74, 6) is 4.83. The van der Waals surface area contributed by atoms with E-state index in [2.05, 4.69) is 4.84 Å². The van der Waals surface area contributed by atoms with Crippen molar-refractivity contribution in [1.29, 1.82) is 0 Å². The van der Waals surface area contributed by atoms with Crippen LogP contribution in [0.25, 0.3) is 0 Å². The molecule has 1 aliphatic rings. The lowest BCUT2D eigenvalue weighted by molar-refractivity contribution is 0.0432. The summed E-state index contributed by atoms with van der Waals surface area (Å²) in [6, 6.07) is 0. The maximum atomic E-state index is 11.2. The first-order valence-electron chi connectivity index (χ1n) is 4.26. The van der Waals surface area contributed by atoms with Gasteiger partial charge in [-0.3, -0.25) is 0 Å². The van der Waals surface area contributed by atoms with Crippen molar-refractivity contribution >= 4 is 6.09 Å². The molecule has 1 rings (SSSR count). The molecule has 0 unspecified atom stereocenters. The Morgan fingerprint density at radius 3 is 2.67 bits per heavy atom. The summed E-state index contributed by atoms with van der Waals surface area (Å²) in [6.07, 6.45) is 2.81. The van der Waals surface area contributed by atoms with Crippen LogP contribution in [0.3, 0.4) is 0 Å². The van der Waals surface area contributed by atoms with Crippen molar-refractivity contribution in [1.82, 2.24) is 4.90 Å². The largest absolute Gasteiger partial charge is 0.428 e. The topological polar surface area (TPSA) is 55.6 Å². The molecule has 1 amide bonds. The van der Waals surface area contributed by atoms with E-state index in [1.165, 1.54) is 6.42 Å². The number of nitrogens with two attached hydrogens (primary N) is 1. The van der Waals surface area contributed by atoms with Crippen molar-refractivity contribution in [3.8, 4) is 0 Å². The van der Waals surface area contributed by atoms with E-state index in [0.29, 0.717) is 0 Å². The Morgan fingerprint density at radius 2 is 2.17 bits per heavy atom. The number of amides is 1. The van der Waals surface area contributed by atoms with Crippen LogP contribution < -0.4 is 5.90 Å². The Kier molecular flexibility index (Phi) is 2.57. The van der Waals surface area contributed by atoms with Crippen molar-refractivity contribution < 1.29 is 9.63 Å². The molecule has 4 heteroatoms. The normalized spacial score (nSPS) is 22.1. The van der Waals surface area contributed by atoms with E-state index in [0.717, 1.165) is 19.4 Å². The maximum absolute atomic E-state index is 11.2.